The minimum absolute atomic E-state index is 0.105. The van der Waals surface area contributed by atoms with E-state index in [0.29, 0.717) is 0 Å². The summed E-state index contributed by atoms with van der Waals surface area (Å²) in [7, 11) is -1.65. The van der Waals surface area contributed by atoms with E-state index in [2.05, 4.69) is 58.2 Å². The lowest BCUT2D eigenvalue weighted by Crippen LogP contribution is -2.32. The minimum Gasteiger partial charge on any atom is -0.461 e. The molecule has 0 atom stereocenters. The number of nitrogens with two attached hydrogens (primary N) is 1. The second-order valence-corrected chi connectivity index (χ2v) is 19.9. The minimum atomic E-state index is -0.826. The molecule has 5 nitrogen and oxygen atoms in total. The Morgan fingerprint density at radius 1 is 0.806 bits per heavy atom. The van der Waals surface area contributed by atoms with Crippen LogP contribution in [0.15, 0.2) is 12.7 Å². The highest BCUT2D eigenvalue weighted by molar-refractivity contribution is 6.80. The van der Waals surface area contributed by atoms with E-state index in [9.17, 15) is 9.59 Å². The Hall–Kier alpha value is -1.09. The van der Waals surface area contributed by atoms with Crippen molar-refractivity contribution in [1.82, 2.24) is 5.32 Å². The second kappa shape index (κ2) is 19.6. The molecular formula is C24H52N2O3Si2. The van der Waals surface area contributed by atoms with Crippen molar-refractivity contribution in [3.63, 3.8) is 0 Å². The van der Waals surface area contributed by atoms with Gasteiger partial charge in [-0.3, -0.25) is 0 Å². The summed E-state index contributed by atoms with van der Waals surface area (Å²) < 4.78 is 4.51. The summed E-state index contributed by atoms with van der Waals surface area (Å²) in [6, 6.07) is 11.6. The van der Waals surface area contributed by atoms with Gasteiger partial charge in [-0.1, -0.05) is 122 Å². The lowest BCUT2D eigenvalue weighted by molar-refractivity contribution is -0.137. The predicted octanol–water partition coefficient (Wildman–Crippen LogP) is 6.95. The van der Waals surface area contributed by atoms with Gasteiger partial charge in [-0.05, 0) is 0 Å². The number of hydrogen-bond acceptors (Lipinski definition) is 3. The van der Waals surface area contributed by atoms with Crippen LogP contribution in [0.3, 0.4) is 0 Å². The fourth-order valence-corrected chi connectivity index (χ4v) is 11.4. The van der Waals surface area contributed by atoms with E-state index < -0.39 is 28.1 Å². The van der Waals surface area contributed by atoms with Gasteiger partial charge in [-0.25, -0.2) is 9.59 Å². The van der Waals surface area contributed by atoms with Gasteiger partial charge in [0.05, 0.1) is 22.7 Å². The van der Waals surface area contributed by atoms with Crippen LogP contribution >= 0.6 is 0 Å². The van der Waals surface area contributed by atoms with Crippen LogP contribution in [0.2, 0.25) is 48.4 Å². The van der Waals surface area contributed by atoms with Crippen molar-refractivity contribution in [3.05, 3.63) is 12.7 Å². The zero-order valence-electron chi connectivity index (χ0n) is 21.5. The first kappa shape index (κ1) is 32.1. The maximum absolute atomic E-state index is 10.4. The standard InChI is InChI=1S/C18H42Si2.C6H10N2O3/c1-7-19(8-2,9-3)17-15-13-14-16-18-20(10-4,11-5)12-6;1-2-5(9)11-4-3-8-6(7)10/h7-18H2,1-6H3;2H,1,3-4H2,(H3,7,8,10). The van der Waals surface area contributed by atoms with E-state index in [-0.39, 0.29) is 13.2 Å². The van der Waals surface area contributed by atoms with Crippen LogP contribution in [0.25, 0.3) is 0 Å². The van der Waals surface area contributed by atoms with Crippen LogP contribution in [0.1, 0.15) is 67.2 Å². The Morgan fingerprint density at radius 3 is 1.48 bits per heavy atom. The number of unbranched alkanes of at least 4 members (excludes halogenated alkanes) is 3. The molecule has 0 aromatic rings. The molecule has 0 aliphatic carbocycles. The third kappa shape index (κ3) is 15.4. The number of esters is 1. The van der Waals surface area contributed by atoms with Gasteiger partial charge in [-0.15, -0.1) is 0 Å². The molecule has 184 valence electrons. The zero-order chi connectivity index (χ0) is 24.2. The first-order chi connectivity index (χ1) is 14.7. The van der Waals surface area contributed by atoms with Crippen LogP contribution in [-0.2, 0) is 9.53 Å². The summed E-state index contributed by atoms with van der Waals surface area (Å²) in [5.74, 6) is -0.517. The van der Waals surface area contributed by atoms with Crippen molar-refractivity contribution in [3.8, 4) is 0 Å². The third-order valence-corrected chi connectivity index (χ3v) is 19.3. The average Bonchev–Trinajstić information content (AvgIpc) is 2.80. The van der Waals surface area contributed by atoms with Gasteiger partial charge in [0, 0.05) is 6.08 Å². The quantitative estimate of drug-likeness (QED) is 0.104. The van der Waals surface area contributed by atoms with Gasteiger partial charge in [0.25, 0.3) is 0 Å². The van der Waals surface area contributed by atoms with Crippen LogP contribution in [0.4, 0.5) is 4.79 Å². The normalized spacial score (nSPS) is 11.3. The van der Waals surface area contributed by atoms with Crippen molar-refractivity contribution < 1.29 is 14.3 Å². The highest BCUT2D eigenvalue weighted by Crippen LogP contribution is 2.30. The number of amides is 2. The Bertz CT molecular complexity index is 439. The monoisotopic (exact) mass is 472 g/mol. The molecule has 0 aromatic heterocycles. The van der Waals surface area contributed by atoms with E-state index in [4.69, 9.17) is 5.73 Å². The Balaban J connectivity index is 0. The van der Waals surface area contributed by atoms with E-state index in [1.54, 1.807) is 12.1 Å². The molecule has 0 aliphatic rings. The number of carbonyl (C=O) groups is 2. The molecule has 0 unspecified atom stereocenters. The number of carbonyl (C=O) groups excluding carboxylic acids is 2. The molecule has 3 N–H and O–H groups in total. The Morgan fingerprint density at radius 2 is 1.19 bits per heavy atom. The van der Waals surface area contributed by atoms with Crippen LogP contribution in [0, 0.1) is 0 Å². The summed E-state index contributed by atoms with van der Waals surface area (Å²) >= 11 is 0. The summed E-state index contributed by atoms with van der Waals surface area (Å²) in [5, 5.41) is 2.25. The summed E-state index contributed by atoms with van der Waals surface area (Å²) in [6.07, 6.45) is 7.12. The molecule has 0 aromatic carbocycles. The number of rotatable bonds is 17. The van der Waals surface area contributed by atoms with E-state index >= 15 is 0 Å². The van der Waals surface area contributed by atoms with Gasteiger partial charge in [-0.2, -0.15) is 0 Å². The van der Waals surface area contributed by atoms with Crippen molar-refractivity contribution >= 4 is 28.1 Å². The number of primary amides is 1. The largest absolute Gasteiger partial charge is 0.461 e. The maximum atomic E-state index is 10.4. The molecule has 0 saturated carbocycles. The van der Waals surface area contributed by atoms with Gasteiger partial charge in [0.1, 0.15) is 6.61 Å². The molecule has 0 spiro atoms. The van der Waals surface area contributed by atoms with Gasteiger partial charge < -0.3 is 15.8 Å². The molecule has 7 heteroatoms. The van der Waals surface area contributed by atoms with Crippen LogP contribution < -0.4 is 11.1 Å². The topological polar surface area (TPSA) is 81.4 Å². The molecule has 0 fully saturated rings. The van der Waals surface area contributed by atoms with E-state index in [1.165, 1.54) is 61.9 Å². The molecule has 0 heterocycles. The molecule has 0 bridgehead atoms. The van der Waals surface area contributed by atoms with Crippen molar-refractivity contribution in [1.29, 1.82) is 0 Å². The van der Waals surface area contributed by atoms with E-state index in [1.807, 2.05) is 0 Å². The fourth-order valence-electron chi connectivity index (χ4n) is 4.30. The maximum Gasteiger partial charge on any atom is 0.330 e. The lowest BCUT2D eigenvalue weighted by atomic mass is 10.2. The molecule has 31 heavy (non-hydrogen) atoms. The first-order valence-electron chi connectivity index (χ1n) is 12.6. The number of ether oxygens (including phenoxy) is 1. The Labute approximate surface area is 195 Å². The van der Waals surface area contributed by atoms with Gasteiger partial charge in [0.2, 0.25) is 0 Å². The SMILES string of the molecule is C=CC(=O)OCCNC(N)=O.CC[Si](CC)(CC)CCCCCC[Si](CC)(CC)CC. The third-order valence-electron chi connectivity index (χ3n) is 7.48. The second-order valence-electron chi connectivity index (χ2n) is 8.70. The molecule has 0 radical (unpaired) electrons. The molecule has 0 aliphatic heterocycles. The Kier molecular flexibility index (Phi) is 20.3. The fraction of sp³-hybridized carbons (Fsp3) is 0.833. The van der Waals surface area contributed by atoms with Gasteiger partial charge in [0.15, 0.2) is 0 Å². The summed E-state index contributed by atoms with van der Waals surface area (Å²) in [6.45, 7) is 18.2. The van der Waals surface area contributed by atoms with Crippen molar-refractivity contribution in [2.24, 2.45) is 5.73 Å². The summed E-state index contributed by atoms with van der Waals surface area (Å²) in [5.41, 5.74) is 4.73. The highest BCUT2D eigenvalue weighted by atomic mass is 28.3. The van der Waals surface area contributed by atoms with Crippen LogP contribution in [0.5, 0.6) is 0 Å². The molecule has 0 saturated heterocycles. The van der Waals surface area contributed by atoms with Crippen molar-refractivity contribution in [2.75, 3.05) is 13.2 Å². The number of hydrogen-bond donors (Lipinski definition) is 2. The number of urea groups is 1. The van der Waals surface area contributed by atoms with Crippen LogP contribution in [-0.4, -0.2) is 41.3 Å². The summed E-state index contributed by atoms with van der Waals surface area (Å²) in [4.78, 5) is 20.4. The lowest BCUT2D eigenvalue weighted by Gasteiger charge is -2.29. The highest BCUT2D eigenvalue weighted by Gasteiger charge is 2.26. The zero-order valence-corrected chi connectivity index (χ0v) is 23.5. The van der Waals surface area contributed by atoms with E-state index in [0.717, 1.165) is 6.08 Å². The number of nitrogens with one attached hydrogen (secondary N) is 1. The molecule has 0 rings (SSSR count). The van der Waals surface area contributed by atoms with Crippen molar-refractivity contribution in [2.45, 2.75) is 116 Å². The molecular weight excluding hydrogens is 420 g/mol. The average molecular weight is 473 g/mol. The first-order valence-corrected chi connectivity index (χ1v) is 18.2. The molecule has 2 amide bonds. The van der Waals surface area contributed by atoms with Gasteiger partial charge >= 0.3 is 12.0 Å². The predicted molar refractivity (Wildman–Crippen MR) is 141 cm³/mol. The smallest absolute Gasteiger partial charge is 0.330 e.